The third-order valence-corrected chi connectivity index (χ3v) is 5.18. The van der Waals surface area contributed by atoms with Gasteiger partial charge in [0.1, 0.15) is 12.1 Å². The van der Waals surface area contributed by atoms with Crippen LogP contribution in [0.5, 0.6) is 0 Å². The molecule has 0 N–H and O–H groups in total. The van der Waals surface area contributed by atoms with E-state index in [9.17, 15) is 13.2 Å². The maximum atomic E-state index is 12.9. The first-order valence-electron chi connectivity index (χ1n) is 9.62. The van der Waals surface area contributed by atoms with Crippen LogP contribution in [0.25, 0.3) is 28.2 Å². The van der Waals surface area contributed by atoms with Gasteiger partial charge < -0.3 is 0 Å². The summed E-state index contributed by atoms with van der Waals surface area (Å²) in [7, 11) is 0. The molecule has 0 radical (unpaired) electrons. The van der Waals surface area contributed by atoms with Gasteiger partial charge in [0, 0.05) is 35.8 Å². The van der Waals surface area contributed by atoms with Crippen molar-refractivity contribution in [2.75, 3.05) is 0 Å². The third-order valence-electron chi connectivity index (χ3n) is 5.18. The Bertz CT molecular complexity index is 1180. The Hall–Kier alpha value is -3.48. The lowest BCUT2D eigenvalue weighted by atomic mass is 10.0. The smallest absolute Gasteiger partial charge is 0.290 e. The van der Waals surface area contributed by atoms with Crippen molar-refractivity contribution in [2.45, 2.75) is 24.9 Å². The van der Waals surface area contributed by atoms with E-state index in [1.165, 1.54) is 12.1 Å². The molecule has 4 nitrogen and oxygen atoms in total. The maximum absolute atomic E-state index is 12.9. The van der Waals surface area contributed by atoms with Crippen LogP contribution in [-0.2, 0) is 6.18 Å². The molecule has 3 aromatic heterocycles. The molecule has 30 heavy (non-hydrogen) atoms. The Kier molecular flexibility index (Phi) is 4.38. The van der Waals surface area contributed by atoms with E-state index in [0.29, 0.717) is 11.7 Å². The molecule has 3 heterocycles. The van der Waals surface area contributed by atoms with E-state index in [1.807, 2.05) is 35.0 Å². The van der Waals surface area contributed by atoms with Gasteiger partial charge in [-0.25, -0.2) is 9.97 Å². The summed E-state index contributed by atoms with van der Waals surface area (Å²) >= 11 is 0. The number of hydrogen-bond donors (Lipinski definition) is 0. The number of alkyl halides is 3. The van der Waals surface area contributed by atoms with Crippen LogP contribution in [0.4, 0.5) is 13.2 Å². The van der Waals surface area contributed by atoms with Crippen LogP contribution >= 0.6 is 0 Å². The number of aromatic nitrogens is 4. The van der Waals surface area contributed by atoms with E-state index < -0.39 is 11.7 Å². The molecule has 5 rings (SSSR count). The molecule has 0 unspecified atom stereocenters. The Morgan fingerprint density at radius 2 is 1.73 bits per heavy atom. The molecule has 1 fully saturated rings. The van der Waals surface area contributed by atoms with E-state index in [1.54, 1.807) is 18.7 Å². The van der Waals surface area contributed by atoms with Crippen LogP contribution in [0.1, 0.15) is 30.0 Å². The molecule has 7 heteroatoms. The van der Waals surface area contributed by atoms with Crippen molar-refractivity contribution in [2.24, 2.45) is 0 Å². The van der Waals surface area contributed by atoms with Crippen LogP contribution in [0, 0.1) is 0 Å². The van der Waals surface area contributed by atoms with Crippen molar-refractivity contribution in [1.82, 2.24) is 19.5 Å². The molecular weight excluding hydrogens is 389 g/mol. The minimum atomic E-state index is -4.35. The molecule has 0 amide bonds. The molecule has 0 atom stereocenters. The summed E-state index contributed by atoms with van der Waals surface area (Å²) in [6.07, 6.45) is 4.83. The fraction of sp³-hybridized carbons (Fsp3) is 0.174. The van der Waals surface area contributed by atoms with E-state index >= 15 is 0 Å². The summed E-state index contributed by atoms with van der Waals surface area (Å²) in [5.74, 6) is 1.09. The highest BCUT2D eigenvalue weighted by molar-refractivity contribution is 5.66. The number of hydrogen-bond acceptors (Lipinski definition) is 3. The van der Waals surface area contributed by atoms with Gasteiger partial charge in [-0.1, -0.05) is 12.1 Å². The molecule has 0 bridgehead atoms. The van der Waals surface area contributed by atoms with Gasteiger partial charge in [-0.2, -0.15) is 13.2 Å². The number of halogens is 3. The van der Waals surface area contributed by atoms with Crippen molar-refractivity contribution in [3.8, 4) is 28.2 Å². The second kappa shape index (κ2) is 7.09. The van der Waals surface area contributed by atoms with Gasteiger partial charge in [0.15, 0.2) is 0 Å². The Morgan fingerprint density at radius 1 is 0.933 bits per heavy atom. The van der Waals surface area contributed by atoms with Crippen LogP contribution in [0.3, 0.4) is 0 Å². The van der Waals surface area contributed by atoms with Gasteiger partial charge in [0.05, 0.1) is 11.3 Å². The molecule has 1 aromatic carbocycles. The summed E-state index contributed by atoms with van der Waals surface area (Å²) in [4.78, 5) is 13.4. The van der Waals surface area contributed by atoms with E-state index in [-0.39, 0.29) is 0 Å². The van der Waals surface area contributed by atoms with Crippen molar-refractivity contribution < 1.29 is 13.2 Å². The fourth-order valence-electron chi connectivity index (χ4n) is 3.39. The number of imidazole rings is 1. The minimum absolute atomic E-state index is 0.402. The first-order valence-corrected chi connectivity index (χ1v) is 9.62. The van der Waals surface area contributed by atoms with Crippen molar-refractivity contribution in [3.63, 3.8) is 0 Å². The SMILES string of the molecule is FC(F)(F)c1ccc(-c2cc(C3CC3)nc(-n3cnc(-c4cccnc4)c3)c2)cc1. The maximum Gasteiger partial charge on any atom is 0.416 e. The molecule has 0 aliphatic heterocycles. The largest absolute Gasteiger partial charge is 0.416 e. The molecule has 1 saturated carbocycles. The Morgan fingerprint density at radius 3 is 2.40 bits per heavy atom. The lowest BCUT2D eigenvalue weighted by molar-refractivity contribution is -0.137. The van der Waals surface area contributed by atoms with Gasteiger partial charge in [-0.15, -0.1) is 0 Å². The average molecular weight is 406 g/mol. The second-order valence-electron chi connectivity index (χ2n) is 7.40. The molecular formula is C23H17F3N4. The van der Waals surface area contributed by atoms with E-state index in [2.05, 4.69) is 9.97 Å². The number of pyridine rings is 2. The minimum Gasteiger partial charge on any atom is -0.290 e. The normalized spacial score (nSPS) is 14.1. The van der Waals surface area contributed by atoms with Crippen LogP contribution in [-0.4, -0.2) is 19.5 Å². The van der Waals surface area contributed by atoms with Gasteiger partial charge in [0.2, 0.25) is 0 Å². The molecule has 0 spiro atoms. The summed E-state index contributed by atoms with van der Waals surface area (Å²) in [5, 5.41) is 0. The number of rotatable bonds is 4. The van der Waals surface area contributed by atoms with Crippen molar-refractivity contribution in [1.29, 1.82) is 0 Å². The van der Waals surface area contributed by atoms with Crippen LogP contribution < -0.4 is 0 Å². The predicted octanol–water partition coefficient (Wildman–Crippen LogP) is 5.89. The fourth-order valence-corrected chi connectivity index (χ4v) is 3.39. The molecule has 1 aliphatic rings. The summed E-state index contributed by atoms with van der Waals surface area (Å²) < 4.78 is 40.5. The molecule has 1 aliphatic carbocycles. The Balaban J connectivity index is 1.54. The molecule has 4 aromatic rings. The predicted molar refractivity (Wildman–Crippen MR) is 107 cm³/mol. The van der Waals surface area contributed by atoms with E-state index in [4.69, 9.17) is 4.98 Å². The number of benzene rings is 1. The van der Waals surface area contributed by atoms with Crippen molar-refractivity contribution >= 4 is 0 Å². The highest BCUT2D eigenvalue weighted by Gasteiger charge is 2.30. The average Bonchev–Trinajstić information content (AvgIpc) is 3.50. The lowest BCUT2D eigenvalue weighted by Gasteiger charge is -2.11. The first-order chi connectivity index (χ1) is 14.5. The van der Waals surface area contributed by atoms with Crippen molar-refractivity contribution in [3.05, 3.63) is 84.7 Å². The highest BCUT2D eigenvalue weighted by Crippen LogP contribution is 2.41. The zero-order chi connectivity index (χ0) is 20.7. The van der Waals surface area contributed by atoms with Gasteiger partial charge in [-0.3, -0.25) is 9.55 Å². The lowest BCUT2D eigenvalue weighted by Crippen LogP contribution is -2.04. The molecule has 0 saturated heterocycles. The highest BCUT2D eigenvalue weighted by atomic mass is 19.4. The van der Waals surface area contributed by atoms with Gasteiger partial charge in [-0.05, 0) is 60.4 Å². The van der Waals surface area contributed by atoms with Gasteiger partial charge in [0.25, 0.3) is 0 Å². The standard InChI is InChI=1S/C23H17F3N4/c24-23(25,26)19-7-5-15(6-8-19)18-10-20(16-3-4-16)29-22(11-18)30-13-21(28-14-30)17-2-1-9-27-12-17/h1-2,5-14,16H,3-4H2. The third kappa shape index (κ3) is 3.70. The zero-order valence-corrected chi connectivity index (χ0v) is 15.8. The van der Waals surface area contributed by atoms with Crippen LogP contribution in [0.15, 0.2) is 73.4 Å². The zero-order valence-electron chi connectivity index (χ0n) is 15.8. The van der Waals surface area contributed by atoms with Crippen LogP contribution in [0.2, 0.25) is 0 Å². The summed E-state index contributed by atoms with van der Waals surface area (Å²) in [6, 6.07) is 12.9. The Labute approximate surface area is 171 Å². The summed E-state index contributed by atoms with van der Waals surface area (Å²) in [6.45, 7) is 0. The van der Waals surface area contributed by atoms with Gasteiger partial charge >= 0.3 is 6.18 Å². The first kappa shape index (κ1) is 18.5. The monoisotopic (exact) mass is 406 g/mol. The summed E-state index contributed by atoms with van der Waals surface area (Å²) in [5.41, 5.74) is 3.54. The number of nitrogens with zero attached hydrogens (tertiary/aromatic N) is 4. The topological polar surface area (TPSA) is 43.6 Å². The second-order valence-corrected chi connectivity index (χ2v) is 7.40. The molecule has 150 valence electrons. The quantitative estimate of drug-likeness (QED) is 0.424. The van der Waals surface area contributed by atoms with E-state index in [0.717, 1.165) is 53.1 Å².